The van der Waals surface area contributed by atoms with Crippen molar-refractivity contribution >= 4 is 11.6 Å². The Morgan fingerprint density at radius 2 is 1.83 bits per heavy atom. The van der Waals surface area contributed by atoms with Crippen molar-refractivity contribution in [3.8, 4) is 5.69 Å². The van der Waals surface area contributed by atoms with Gasteiger partial charge in [0.2, 0.25) is 5.91 Å². The first kappa shape index (κ1) is 18.9. The summed E-state index contributed by atoms with van der Waals surface area (Å²) in [6.07, 6.45) is 2.10. The standard InChI is InChI=1S/C21H23N5O3/c1-13-19(21(29)26(24(13)3)16-7-5-4-6-8-16)22-20(28)14(2)25-18(27)12-11-17(23-25)15-9-10-15/h4-8,11-12,14-15H,9-10H2,1-3H3,(H,22,28)/t14-/m1/s1. The smallest absolute Gasteiger partial charge is 0.295 e. The molecule has 0 bridgehead atoms. The minimum Gasteiger partial charge on any atom is -0.318 e. The van der Waals surface area contributed by atoms with Crippen LogP contribution in [0, 0.1) is 6.92 Å². The fourth-order valence-corrected chi connectivity index (χ4v) is 3.37. The summed E-state index contributed by atoms with van der Waals surface area (Å²) in [6, 6.07) is 11.5. The molecule has 1 aliphatic rings. The third kappa shape index (κ3) is 3.41. The molecule has 0 saturated heterocycles. The van der Waals surface area contributed by atoms with Crippen LogP contribution in [0.5, 0.6) is 0 Å². The maximum Gasteiger partial charge on any atom is 0.295 e. The molecule has 0 radical (unpaired) electrons. The van der Waals surface area contributed by atoms with Gasteiger partial charge in [-0.15, -0.1) is 0 Å². The molecule has 8 heteroatoms. The second kappa shape index (κ2) is 7.20. The van der Waals surface area contributed by atoms with Crippen molar-refractivity contribution < 1.29 is 4.79 Å². The predicted molar refractivity (Wildman–Crippen MR) is 110 cm³/mol. The number of aromatic nitrogens is 4. The van der Waals surface area contributed by atoms with Crippen molar-refractivity contribution in [2.45, 2.75) is 38.6 Å². The van der Waals surface area contributed by atoms with E-state index < -0.39 is 11.9 Å². The topological polar surface area (TPSA) is 90.9 Å². The summed E-state index contributed by atoms with van der Waals surface area (Å²) in [5.41, 5.74) is 1.66. The van der Waals surface area contributed by atoms with Crippen LogP contribution < -0.4 is 16.4 Å². The summed E-state index contributed by atoms with van der Waals surface area (Å²) in [5.74, 6) is -0.0925. The normalized spacial score (nSPS) is 14.6. The number of carbonyl (C=O) groups is 1. The molecule has 3 aromatic rings. The van der Waals surface area contributed by atoms with Crippen molar-refractivity contribution in [1.82, 2.24) is 19.1 Å². The number of benzene rings is 1. The first-order chi connectivity index (χ1) is 13.9. The number of hydrogen-bond acceptors (Lipinski definition) is 4. The maximum atomic E-state index is 13.0. The van der Waals surface area contributed by atoms with E-state index in [-0.39, 0.29) is 16.8 Å². The number of amides is 1. The van der Waals surface area contributed by atoms with Gasteiger partial charge in [-0.25, -0.2) is 9.36 Å². The van der Waals surface area contributed by atoms with Crippen LogP contribution in [-0.2, 0) is 11.8 Å². The van der Waals surface area contributed by atoms with E-state index >= 15 is 0 Å². The fraction of sp³-hybridized carbons (Fsp3) is 0.333. The third-order valence-electron chi connectivity index (χ3n) is 5.39. The minimum absolute atomic E-state index is 0.194. The van der Waals surface area contributed by atoms with Crippen LogP contribution in [0.1, 0.15) is 43.1 Å². The zero-order valence-electron chi connectivity index (χ0n) is 16.6. The monoisotopic (exact) mass is 393 g/mol. The Kier molecular flexibility index (Phi) is 4.70. The maximum absolute atomic E-state index is 13.0. The quantitative estimate of drug-likeness (QED) is 0.719. The number of hydrogen-bond donors (Lipinski definition) is 1. The third-order valence-corrected chi connectivity index (χ3v) is 5.39. The van der Waals surface area contributed by atoms with Gasteiger partial charge in [-0.3, -0.25) is 19.1 Å². The van der Waals surface area contributed by atoms with E-state index in [9.17, 15) is 14.4 Å². The van der Waals surface area contributed by atoms with Gasteiger partial charge in [0, 0.05) is 19.0 Å². The lowest BCUT2D eigenvalue weighted by Crippen LogP contribution is -2.34. The SMILES string of the molecule is Cc1c(NC(=O)[C@@H](C)n2nc(C3CC3)ccc2=O)c(=O)n(-c2ccccc2)n1C. The highest BCUT2D eigenvalue weighted by atomic mass is 16.2. The Labute approximate surface area is 167 Å². The molecule has 4 rings (SSSR count). The first-order valence-electron chi connectivity index (χ1n) is 9.63. The lowest BCUT2D eigenvalue weighted by molar-refractivity contribution is -0.119. The Hall–Kier alpha value is -3.42. The lowest BCUT2D eigenvalue weighted by atomic mass is 10.2. The van der Waals surface area contributed by atoms with Crippen LogP contribution in [0.25, 0.3) is 5.69 Å². The van der Waals surface area contributed by atoms with Crippen LogP contribution >= 0.6 is 0 Å². The zero-order valence-corrected chi connectivity index (χ0v) is 16.6. The van der Waals surface area contributed by atoms with Crippen LogP contribution in [-0.4, -0.2) is 25.1 Å². The molecule has 0 spiro atoms. The largest absolute Gasteiger partial charge is 0.318 e. The molecule has 8 nitrogen and oxygen atoms in total. The summed E-state index contributed by atoms with van der Waals surface area (Å²) < 4.78 is 4.38. The number of para-hydroxylation sites is 1. The van der Waals surface area contributed by atoms with Gasteiger partial charge in [0.25, 0.3) is 11.1 Å². The van der Waals surface area contributed by atoms with Crippen LogP contribution in [0.4, 0.5) is 5.69 Å². The van der Waals surface area contributed by atoms with Gasteiger partial charge in [0.05, 0.1) is 17.1 Å². The van der Waals surface area contributed by atoms with Gasteiger partial charge in [-0.1, -0.05) is 18.2 Å². The lowest BCUT2D eigenvalue weighted by Gasteiger charge is -2.14. The molecule has 1 aromatic carbocycles. The van der Waals surface area contributed by atoms with Gasteiger partial charge in [-0.05, 0) is 44.9 Å². The number of carbonyl (C=O) groups excluding carboxylic acids is 1. The second-order valence-corrected chi connectivity index (χ2v) is 7.42. The number of rotatable bonds is 5. The molecular formula is C21H23N5O3. The summed E-state index contributed by atoms with van der Waals surface area (Å²) in [4.78, 5) is 38.1. The van der Waals surface area contributed by atoms with E-state index in [4.69, 9.17) is 0 Å². The summed E-state index contributed by atoms with van der Waals surface area (Å²) in [6.45, 7) is 3.37. The molecule has 1 amide bonds. The Balaban J connectivity index is 1.65. The summed E-state index contributed by atoms with van der Waals surface area (Å²) >= 11 is 0. The average molecular weight is 393 g/mol. The highest BCUT2D eigenvalue weighted by Crippen LogP contribution is 2.38. The summed E-state index contributed by atoms with van der Waals surface area (Å²) in [7, 11) is 1.76. The van der Waals surface area contributed by atoms with Crippen LogP contribution in [0.15, 0.2) is 52.1 Å². The van der Waals surface area contributed by atoms with Gasteiger partial charge in [0.15, 0.2) is 0 Å². The van der Waals surface area contributed by atoms with Crippen molar-refractivity contribution in [2.75, 3.05) is 5.32 Å². The van der Waals surface area contributed by atoms with Crippen molar-refractivity contribution in [3.05, 3.63) is 74.6 Å². The van der Waals surface area contributed by atoms with Gasteiger partial charge in [-0.2, -0.15) is 5.10 Å². The van der Waals surface area contributed by atoms with E-state index in [0.29, 0.717) is 17.3 Å². The number of nitrogens with one attached hydrogen (secondary N) is 1. The molecule has 1 saturated carbocycles. The molecule has 29 heavy (non-hydrogen) atoms. The Bertz CT molecular complexity index is 1190. The van der Waals surface area contributed by atoms with Crippen molar-refractivity contribution in [1.29, 1.82) is 0 Å². The van der Waals surface area contributed by atoms with Crippen LogP contribution in [0.2, 0.25) is 0 Å². The van der Waals surface area contributed by atoms with E-state index in [1.165, 1.54) is 15.4 Å². The van der Waals surface area contributed by atoms with Gasteiger partial charge >= 0.3 is 0 Å². The highest BCUT2D eigenvalue weighted by molar-refractivity contribution is 5.93. The Morgan fingerprint density at radius 3 is 2.48 bits per heavy atom. The highest BCUT2D eigenvalue weighted by Gasteiger charge is 2.28. The Morgan fingerprint density at radius 1 is 1.14 bits per heavy atom. The average Bonchev–Trinajstić information content (AvgIpc) is 3.54. The number of nitrogens with zero attached hydrogens (tertiary/aromatic N) is 4. The van der Waals surface area contributed by atoms with Crippen LogP contribution in [0.3, 0.4) is 0 Å². The van der Waals surface area contributed by atoms with Gasteiger partial charge in [0.1, 0.15) is 11.7 Å². The second-order valence-electron chi connectivity index (χ2n) is 7.42. The van der Waals surface area contributed by atoms with Gasteiger partial charge < -0.3 is 5.32 Å². The minimum atomic E-state index is -0.842. The zero-order chi connectivity index (χ0) is 20.7. The predicted octanol–water partition coefficient (Wildman–Crippen LogP) is 2.12. The number of anilines is 1. The molecule has 0 aliphatic heterocycles. The van der Waals surface area contributed by atoms with E-state index in [1.54, 1.807) is 31.6 Å². The van der Waals surface area contributed by atoms with E-state index in [1.807, 2.05) is 30.3 Å². The molecule has 0 unspecified atom stereocenters. The molecule has 2 heterocycles. The molecular weight excluding hydrogens is 370 g/mol. The fourth-order valence-electron chi connectivity index (χ4n) is 3.37. The van der Waals surface area contributed by atoms with E-state index in [2.05, 4.69) is 10.4 Å². The molecule has 2 aromatic heterocycles. The molecule has 1 aliphatic carbocycles. The molecule has 1 fully saturated rings. The molecule has 1 atom stereocenters. The van der Waals surface area contributed by atoms with Crippen molar-refractivity contribution in [2.24, 2.45) is 7.05 Å². The van der Waals surface area contributed by atoms with E-state index in [0.717, 1.165) is 18.5 Å². The summed E-state index contributed by atoms with van der Waals surface area (Å²) in [5, 5.41) is 7.07. The molecule has 150 valence electrons. The molecule has 1 N–H and O–H groups in total. The van der Waals surface area contributed by atoms with Crippen molar-refractivity contribution in [3.63, 3.8) is 0 Å². The first-order valence-corrected chi connectivity index (χ1v) is 9.63.